The minimum atomic E-state index is -1.12. The molecule has 0 aliphatic carbocycles. The van der Waals surface area contributed by atoms with Gasteiger partial charge >= 0.3 is 5.97 Å². The van der Waals surface area contributed by atoms with Gasteiger partial charge in [0.05, 0.1) is 10.7 Å². The van der Waals surface area contributed by atoms with E-state index in [0.717, 1.165) is 0 Å². The molecule has 0 saturated heterocycles. The normalized spacial score (nSPS) is 11.8. The van der Waals surface area contributed by atoms with Gasteiger partial charge in [-0.15, -0.1) is 11.3 Å². The summed E-state index contributed by atoms with van der Waals surface area (Å²) >= 11 is 7.03. The molecule has 1 unspecified atom stereocenters. The van der Waals surface area contributed by atoms with Crippen molar-refractivity contribution in [3.8, 4) is 0 Å². The van der Waals surface area contributed by atoms with Crippen LogP contribution in [0.1, 0.15) is 21.3 Å². The number of carboxylic acid groups (broad SMARTS) is 1. The van der Waals surface area contributed by atoms with Crippen molar-refractivity contribution in [3.63, 3.8) is 0 Å². The van der Waals surface area contributed by atoms with E-state index in [2.05, 4.69) is 5.32 Å². The van der Waals surface area contributed by atoms with Gasteiger partial charge in [-0.3, -0.25) is 4.79 Å². The van der Waals surface area contributed by atoms with Gasteiger partial charge in [0.2, 0.25) is 0 Å². The molecule has 1 atom stereocenters. The second kappa shape index (κ2) is 5.94. The standard InChI is InChI=1S/C13H11ClN2O3S/c14-8-4-3-7(6-9(8)15)12(17)16-11(13(18)19)10-2-1-5-20-10/h1-6,11H,15H2,(H,16,17)(H,18,19). The molecule has 1 aromatic heterocycles. The Balaban J connectivity index is 2.20. The van der Waals surface area contributed by atoms with Gasteiger partial charge in [-0.05, 0) is 29.6 Å². The lowest BCUT2D eigenvalue weighted by Crippen LogP contribution is -2.33. The van der Waals surface area contributed by atoms with Gasteiger partial charge in [0.1, 0.15) is 0 Å². The maximum atomic E-state index is 12.0. The molecule has 20 heavy (non-hydrogen) atoms. The number of carbonyl (C=O) groups is 2. The van der Waals surface area contributed by atoms with Crippen molar-refractivity contribution in [1.82, 2.24) is 5.32 Å². The van der Waals surface area contributed by atoms with Gasteiger partial charge in [-0.1, -0.05) is 17.7 Å². The second-order valence-electron chi connectivity index (χ2n) is 4.00. The van der Waals surface area contributed by atoms with Crippen LogP contribution >= 0.6 is 22.9 Å². The molecular weight excluding hydrogens is 300 g/mol. The van der Waals surface area contributed by atoms with E-state index in [1.807, 2.05) is 0 Å². The highest BCUT2D eigenvalue weighted by molar-refractivity contribution is 7.10. The van der Waals surface area contributed by atoms with Crippen LogP contribution in [0.2, 0.25) is 5.02 Å². The number of nitrogen functional groups attached to an aromatic ring is 1. The first-order valence-corrected chi connectivity index (χ1v) is 6.87. The maximum absolute atomic E-state index is 12.0. The first kappa shape index (κ1) is 14.4. The summed E-state index contributed by atoms with van der Waals surface area (Å²) < 4.78 is 0. The lowest BCUT2D eigenvalue weighted by Gasteiger charge is -2.13. The summed E-state index contributed by atoms with van der Waals surface area (Å²) in [6.07, 6.45) is 0. The smallest absolute Gasteiger partial charge is 0.331 e. The van der Waals surface area contributed by atoms with Crippen LogP contribution in [0.25, 0.3) is 0 Å². The average Bonchev–Trinajstić information content (AvgIpc) is 2.92. The number of halogens is 1. The summed E-state index contributed by atoms with van der Waals surface area (Å²) in [6, 6.07) is 6.68. The van der Waals surface area contributed by atoms with E-state index in [1.165, 1.54) is 29.5 Å². The molecule has 1 aromatic carbocycles. The molecule has 0 radical (unpaired) electrons. The summed E-state index contributed by atoms with van der Waals surface area (Å²) in [6.45, 7) is 0. The molecular formula is C13H11ClN2O3S. The summed E-state index contributed by atoms with van der Waals surface area (Å²) in [5.41, 5.74) is 6.14. The third-order valence-electron chi connectivity index (χ3n) is 2.61. The Morgan fingerprint density at radius 3 is 2.65 bits per heavy atom. The van der Waals surface area contributed by atoms with Crippen LogP contribution in [-0.2, 0) is 4.79 Å². The number of thiophene rings is 1. The fraction of sp³-hybridized carbons (Fsp3) is 0.0769. The SMILES string of the molecule is Nc1cc(C(=O)NC(C(=O)O)c2cccs2)ccc1Cl. The summed E-state index contributed by atoms with van der Waals surface area (Å²) in [4.78, 5) is 23.8. The van der Waals surface area contributed by atoms with Crippen LogP contribution in [0.3, 0.4) is 0 Å². The molecule has 104 valence electrons. The molecule has 7 heteroatoms. The molecule has 2 aromatic rings. The molecule has 5 nitrogen and oxygen atoms in total. The minimum Gasteiger partial charge on any atom is -0.479 e. The number of carboxylic acids is 1. The largest absolute Gasteiger partial charge is 0.479 e. The van der Waals surface area contributed by atoms with E-state index >= 15 is 0 Å². The number of hydrogen-bond acceptors (Lipinski definition) is 4. The highest BCUT2D eigenvalue weighted by atomic mass is 35.5. The number of carbonyl (C=O) groups excluding carboxylic acids is 1. The van der Waals surface area contributed by atoms with Crippen molar-refractivity contribution in [2.75, 3.05) is 5.73 Å². The van der Waals surface area contributed by atoms with Gasteiger partial charge in [0.15, 0.2) is 6.04 Å². The predicted octanol–water partition coefficient (Wildman–Crippen LogP) is 2.54. The second-order valence-corrected chi connectivity index (χ2v) is 5.38. The molecule has 2 rings (SSSR count). The first-order chi connectivity index (χ1) is 9.49. The lowest BCUT2D eigenvalue weighted by atomic mass is 10.1. The van der Waals surface area contributed by atoms with Gasteiger partial charge in [0, 0.05) is 10.4 Å². The van der Waals surface area contributed by atoms with Gasteiger partial charge in [-0.25, -0.2) is 4.79 Å². The number of nitrogens with two attached hydrogens (primary N) is 1. The van der Waals surface area contributed by atoms with Gasteiger partial charge in [0.25, 0.3) is 5.91 Å². The van der Waals surface area contributed by atoms with Crippen molar-refractivity contribution in [3.05, 3.63) is 51.2 Å². The van der Waals surface area contributed by atoms with Crippen molar-refractivity contribution in [1.29, 1.82) is 0 Å². The Hall–Kier alpha value is -2.05. The molecule has 0 bridgehead atoms. The number of anilines is 1. The van der Waals surface area contributed by atoms with Crippen molar-refractivity contribution < 1.29 is 14.7 Å². The Labute approximate surface area is 124 Å². The molecule has 0 fully saturated rings. The van der Waals surface area contributed by atoms with E-state index in [0.29, 0.717) is 9.90 Å². The number of rotatable bonds is 4. The summed E-state index contributed by atoms with van der Waals surface area (Å²) in [5.74, 6) is -1.64. The van der Waals surface area contributed by atoms with Crippen molar-refractivity contribution in [2.45, 2.75) is 6.04 Å². The minimum absolute atomic E-state index is 0.259. The van der Waals surface area contributed by atoms with Crippen LogP contribution in [0.5, 0.6) is 0 Å². The van der Waals surface area contributed by atoms with E-state index in [-0.39, 0.29) is 11.3 Å². The van der Waals surface area contributed by atoms with E-state index in [4.69, 9.17) is 17.3 Å². The Morgan fingerprint density at radius 1 is 1.35 bits per heavy atom. The maximum Gasteiger partial charge on any atom is 0.331 e. The van der Waals surface area contributed by atoms with Gasteiger partial charge in [-0.2, -0.15) is 0 Å². The quantitative estimate of drug-likeness (QED) is 0.757. The van der Waals surface area contributed by atoms with Crippen molar-refractivity contribution >= 4 is 40.5 Å². The monoisotopic (exact) mass is 310 g/mol. The fourth-order valence-electron chi connectivity index (χ4n) is 1.61. The third-order valence-corrected chi connectivity index (χ3v) is 3.89. The zero-order valence-electron chi connectivity index (χ0n) is 10.2. The predicted molar refractivity (Wildman–Crippen MR) is 78.0 cm³/mol. The van der Waals surface area contributed by atoms with E-state index in [1.54, 1.807) is 17.5 Å². The number of hydrogen-bond donors (Lipinski definition) is 3. The number of amides is 1. The molecule has 4 N–H and O–H groups in total. The first-order valence-electron chi connectivity index (χ1n) is 5.61. The van der Waals surface area contributed by atoms with Crippen LogP contribution in [-0.4, -0.2) is 17.0 Å². The number of benzene rings is 1. The zero-order chi connectivity index (χ0) is 14.7. The number of nitrogens with one attached hydrogen (secondary N) is 1. The molecule has 1 heterocycles. The van der Waals surface area contributed by atoms with Crippen LogP contribution in [0.4, 0.5) is 5.69 Å². The highest BCUT2D eigenvalue weighted by Gasteiger charge is 2.23. The molecule has 0 saturated carbocycles. The molecule has 0 aliphatic heterocycles. The fourth-order valence-corrected chi connectivity index (χ4v) is 2.49. The molecule has 0 aliphatic rings. The Morgan fingerprint density at radius 2 is 2.10 bits per heavy atom. The zero-order valence-corrected chi connectivity index (χ0v) is 11.7. The van der Waals surface area contributed by atoms with Crippen LogP contribution in [0.15, 0.2) is 35.7 Å². The van der Waals surface area contributed by atoms with Crippen LogP contribution < -0.4 is 11.1 Å². The molecule has 0 spiro atoms. The Kier molecular flexibility index (Phi) is 4.26. The van der Waals surface area contributed by atoms with E-state index < -0.39 is 17.9 Å². The van der Waals surface area contributed by atoms with Gasteiger partial charge < -0.3 is 16.2 Å². The summed E-state index contributed by atoms with van der Waals surface area (Å²) in [7, 11) is 0. The van der Waals surface area contributed by atoms with Crippen molar-refractivity contribution in [2.24, 2.45) is 0 Å². The third kappa shape index (κ3) is 3.09. The summed E-state index contributed by atoms with van der Waals surface area (Å²) in [5, 5.41) is 13.7. The Bertz CT molecular complexity index is 643. The van der Waals surface area contributed by atoms with E-state index in [9.17, 15) is 14.7 Å². The molecule has 1 amide bonds. The highest BCUT2D eigenvalue weighted by Crippen LogP contribution is 2.22. The average molecular weight is 311 g/mol. The topological polar surface area (TPSA) is 92.4 Å². The number of aliphatic carboxylic acids is 1. The van der Waals surface area contributed by atoms with Crippen LogP contribution in [0, 0.1) is 0 Å². The lowest BCUT2D eigenvalue weighted by molar-refractivity contribution is -0.139.